The van der Waals surface area contributed by atoms with Crippen molar-refractivity contribution in [1.82, 2.24) is 5.32 Å². The molecular weight excluding hydrogens is 130 g/mol. The average molecular weight is 145 g/mol. The van der Waals surface area contributed by atoms with E-state index >= 15 is 0 Å². The maximum absolute atomic E-state index is 8.87. The molecule has 0 aromatic heterocycles. The van der Waals surface area contributed by atoms with Crippen LogP contribution in [0.15, 0.2) is 0 Å². The zero-order valence-corrected chi connectivity index (χ0v) is 6.34. The van der Waals surface area contributed by atoms with Gasteiger partial charge in [-0.15, -0.1) is 0 Å². The van der Waals surface area contributed by atoms with Crippen LogP contribution in [0.3, 0.4) is 0 Å². The summed E-state index contributed by atoms with van der Waals surface area (Å²) in [7, 11) is 1.71. The molecule has 0 aromatic carbocycles. The van der Waals surface area contributed by atoms with Gasteiger partial charge in [-0.05, 0) is 13.0 Å². The number of ether oxygens (including phenoxy) is 1. The molecule has 2 N–H and O–H groups in total. The van der Waals surface area contributed by atoms with E-state index in [4.69, 9.17) is 9.84 Å². The van der Waals surface area contributed by atoms with Crippen molar-refractivity contribution in [2.24, 2.45) is 5.92 Å². The molecule has 0 radical (unpaired) electrons. The highest BCUT2D eigenvalue weighted by atomic mass is 16.5. The Hall–Kier alpha value is -0.120. The maximum atomic E-state index is 8.87. The molecule has 2 unspecified atom stereocenters. The summed E-state index contributed by atoms with van der Waals surface area (Å²) in [6.45, 7) is 2.12. The summed E-state index contributed by atoms with van der Waals surface area (Å²) in [5.41, 5.74) is 0. The van der Waals surface area contributed by atoms with Gasteiger partial charge in [-0.3, -0.25) is 0 Å². The molecule has 0 aromatic rings. The van der Waals surface area contributed by atoms with Crippen LogP contribution < -0.4 is 5.32 Å². The summed E-state index contributed by atoms with van der Waals surface area (Å²) in [6, 6.07) is 0. The number of aliphatic hydroxyl groups is 1. The zero-order valence-electron chi connectivity index (χ0n) is 6.34. The van der Waals surface area contributed by atoms with Crippen molar-refractivity contribution in [2.75, 3.05) is 26.8 Å². The number of piperidine rings is 1. The van der Waals surface area contributed by atoms with Gasteiger partial charge in [0.2, 0.25) is 0 Å². The molecule has 1 heterocycles. The molecule has 0 aliphatic carbocycles. The van der Waals surface area contributed by atoms with Crippen LogP contribution in [0.25, 0.3) is 0 Å². The van der Waals surface area contributed by atoms with E-state index in [2.05, 4.69) is 5.32 Å². The fraction of sp³-hybridized carbons (Fsp3) is 1.00. The topological polar surface area (TPSA) is 41.5 Å². The lowest BCUT2D eigenvalue weighted by Crippen LogP contribution is -2.42. The van der Waals surface area contributed by atoms with Gasteiger partial charge < -0.3 is 15.2 Å². The number of methoxy groups -OCH3 is 1. The third kappa shape index (κ3) is 1.68. The zero-order chi connectivity index (χ0) is 7.40. The molecule has 10 heavy (non-hydrogen) atoms. The first-order chi connectivity index (χ1) is 4.88. The molecular formula is C7H15NO2. The van der Waals surface area contributed by atoms with Crippen molar-refractivity contribution >= 4 is 0 Å². The van der Waals surface area contributed by atoms with E-state index in [-0.39, 0.29) is 12.7 Å². The van der Waals surface area contributed by atoms with Gasteiger partial charge in [-0.1, -0.05) is 0 Å². The van der Waals surface area contributed by atoms with Crippen LogP contribution in [-0.2, 0) is 4.74 Å². The highest BCUT2D eigenvalue weighted by molar-refractivity contribution is 4.77. The lowest BCUT2D eigenvalue weighted by molar-refractivity contribution is 0.00763. The van der Waals surface area contributed by atoms with E-state index in [1.807, 2.05) is 0 Å². The van der Waals surface area contributed by atoms with Crippen LogP contribution in [-0.4, -0.2) is 38.0 Å². The van der Waals surface area contributed by atoms with Gasteiger partial charge in [0.1, 0.15) is 0 Å². The highest BCUT2D eigenvalue weighted by Crippen LogP contribution is 2.12. The molecule has 3 nitrogen and oxygen atoms in total. The fourth-order valence-corrected chi connectivity index (χ4v) is 1.39. The van der Waals surface area contributed by atoms with E-state index in [0.717, 1.165) is 19.5 Å². The first-order valence-electron chi connectivity index (χ1n) is 3.73. The number of hydrogen-bond acceptors (Lipinski definition) is 3. The van der Waals surface area contributed by atoms with Crippen molar-refractivity contribution in [3.05, 3.63) is 0 Å². The van der Waals surface area contributed by atoms with E-state index in [9.17, 15) is 0 Å². The largest absolute Gasteiger partial charge is 0.396 e. The second kappa shape index (κ2) is 3.91. The van der Waals surface area contributed by atoms with Crippen LogP contribution in [0, 0.1) is 5.92 Å². The molecule has 1 fully saturated rings. The molecule has 0 bridgehead atoms. The minimum atomic E-state index is 0.228. The standard InChI is InChI=1S/C7H15NO2/c1-10-7-2-3-8-4-6(7)5-9/h6-9H,2-5H2,1H3. The van der Waals surface area contributed by atoms with Gasteiger partial charge >= 0.3 is 0 Å². The third-order valence-corrected chi connectivity index (χ3v) is 2.08. The minimum absolute atomic E-state index is 0.228. The Morgan fingerprint density at radius 2 is 2.50 bits per heavy atom. The van der Waals surface area contributed by atoms with Crippen molar-refractivity contribution in [1.29, 1.82) is 0 Å². The van der Waals surface area contributed by atoms with Crippen LogP contribution in [0.1, 0.15) is 6.42 Å². The highest BCUT2D eigenvalue weighted by Gasteiger charge is 2.23. The molecule has 3 heteroatoms. The fourth-order valence-electron chi connectivity index (χ4n) is 1.39. The summed E-state index contributed by atoms with van der Waals surface area (Å²) < 4.78 is 5.19. The smallest absolute Gasteiger partial charge is 0.0645 e. The first-order valence-corrected chi connectivity index (χ1v) is 3.73. The molecule has 0 saturated carbocycles. The van der Waals surface area contributed by atoms with E-state index in [1.54, 1.807) is 7.11 Å². The van der Waals surface area contributed by atoms with Gasteiger partial charge in [-0.2, -0.15) is 0 Å². The predicted octanol–water partition coefficient (Wildman–Crippen LogP) is -0.397. The van der Waals surface area contributed by atoms with Crippen LogP contribution in [0.2, 0.25) is 0 Å². The van der Waals surface area contributed by atoms with Crippen molar-refractivity contribution in [3.8, 4) is 0 Å². The SMILES string of the molecule is COC1CCNCC1CO. The van der Waals surface area contributed by atoms with E-state index in [0.29, 0.717) is 5.92 Å². The first kappa shape index (κ1) is 7.98. The molecule has 2 atom stereocenters. The van der Waals surface area contributed by atoms with Crippen LogP contribution in [0.4, 0.5) is 0 Å². The van der Waals surface area contributed by atoms with Gasteiger partial charge in [-0.25, -0.2) is 0 Å². The Morgan fingerprint density at radius 1 is 1.70 bits per heavy atom. The van der Waals surface area contributed by atoms with Gasteiger partial charge in [0.15, 0.2) is 0 Å². The molecule has 1 saturated heterocycles. The van der Waals surface area contributed by atoms with Crippen molar-refractivity contribution < 1.29 is 9.84 Å². The summed E-state index contributed by atoms with van der Waals surface area (Å²) in [4.78, 5) is 0. The summed E-state index contributed by atoms with van der Waals surface area (Å²) >= 11 is 0. The third-order valence-electron chi connectivity index (χ3n) is 2.08. The van der Waals surface area contributed by atoms with E-state index in [1.165, 1.54) is 0 Å². The number of nitrogens with one attached hydrogen (secondary N) is 1. The number of aliphatic hydroxyl groups excluding tert-OH is 1. The second-order valence-electron chi connectivity index (χ2n) is 2.71. The Balaban J connectivity index is 2.34. The monoisotopic (exact) mass is 145 g/mol. The lowest BCUT2D eigenvalue weighted by atomic mass is 9.97. The molecule has 60 valence electrons. The second-order valence-corrected chi connectivity index (χ2v) is 2.71. The van der Waals surface area contributed by atoms with Gasteiger partial charge in [0.05, 0.1) is 6.10 Å². The van der Waals surface area contributed by atoms with Gasteiger partial charge in [0, 0.05) is 26.2 Å². The van der Waals surface area contributed by atoms with Crippen molar-refractivity contribution in [2.45, 2.75) is 12.5 Å². The molecule has 1 rings (SSSR count). The Bertz CT molecular complexity index is 85.6. The molecule has 1 aliphatic heterocycles. The molecule has 0 amide bonds. The minimum Gasteiger partial charge on any atom is -0.396 e. The van der Waals surface area contributed by atoms with Gasteiger partial charge in [0.25, 0.3) is 0 Å². The average Bonchev–Trinajstić information content (AvgIpc) is 2.04. The normalized spacial score (nSPS) is 34.2. The lowest BCUT2D eigenvalue weighted by Gasteiger charge is -2.29. The Kier molecular flexibility index (Phi) is 3.12. The summed E-state index contributed by atoms with van der Waals surface area (Å²) in [6.07, 6.45) is 1.27. The van der Waals surface area contributed by atoms with E-state index < -0.39 is 0 Å². The Labute approximate surface area is 61.4 Å². The Morgan fingerprint density at radius 3 is 3.00 bits per heavy atom. The summed E-state index contributed by atoms with van der Waals surface area (Å²) in [5, 5.41) is 12.1. The molecule has 1 aliphatic rings. The van der Waals surface area contributed by atoms with Crippen LogP contribution in [0.5, 0.6) is 0 Å². The summed E-state index contributed by atoms with van der Waals surface area (Å²) in [5.74, 6) is 0.291. The quantitative estimate of drug-likeness (QED) is 0.555. The number of rotatable bonds is 2. The maximum Gasteiger partial charge on any atom is 0.0645 e. The van der Waals surface area contributed by atoms with Crippen LogP contribution >= 0.6 is 0 Å². The number of hydrogen-bond donors (Lipinski definition) is 2. The predicted molar refractivity (Wildman–Crippen MR) is 38.9 cm³/mol. The van der Waals surface area contributed by atoms with Crippen molar-refractivity contribution in [3.63, 3.8) is 0 Å². The molecule has 0 spiro atoms.